The number of aromatic amines is 1. The molecule has 8 heteroatoms. The number of nitrogen functional groups attached to an aromatic ring is 1. The van der Waals surface area contributed by atoms with Gasteiger partial charge in [0.05, 0.1) is 5.75 Å². The van der Waals surface area contributed by atoms with Crippen molar-refractivity contribution in [3.8, 4) is 0 Å². The lowest BCUT2D eigenvalue weighted by molar-refractivity contribution is -0.116. The fraction of sp³-hybridized carbons (Fsp3) is 0.375. The molecular formula is C24H30N4O3S. The summed E-state index contributed by atoms with van der Waals surface area (Å²) in [5, 5.41) is 2.24. The SMILES string of the molecule is CCCCn1c(N)c(N(CC(C)C)C(=O)CSc2ccc3ccccc3c2)c(=O)[nH]c1=O. The normalized spacial score (nSPS) is 11.2. The molecule has 1 heterocycles. The van der Waals surface area contributed by atoms with Crippen LogP contribution in [0.4, 0.5) is 11.5 Å². The maximum atomic E-state index is 13.2. The van der Waals surface area contributed by atoms with Gasteiger partial charge in [-0.15, -0.1) is 11.8 Å². The molecule has 0 saturated heterocycles. The van der Waals surface area contributed by atoms with Crippen LogP contribution in [-0.2, 0) is 11.3 Å². The molecule has 0 aliphatic heterocycles. The highest BCUT2D eigenvalue weighted by atomic mass is 32.2. The molecule has 3 rings (SSSR count). The van der Waals surface area contributed by atoms with Crippen molar-refractivity contribution in [2.75, 3.05) is 22.9 Å². The summed E-state index contributed by atoms with van der Waals surface area (Å²) < 4.78 is 1.34. The average Bonchev–Trinajstić information content (AvgIpc) is 2.76. The van der Waals surface area contributed by atoms with Crippen molar-refractivity contribution in [3.63, 3.8) is 0 Å². The monoisotopic (exact) mass is 454 g/mol. The molecule has 0 fully saturated rings. The molecule has 3 aromatic rings. The van der Waals surface area contributed by atoms with Crippen molar-refractivity contribution in [2.45, 2.75) is 45.1 Å². The lowest BCUT2D eigenvalue weighted by Crippen LogP contribution is -2.43. The van der Waals surface area contributed by atoms with Crippen molar-refractivity contribution in [1.82, 2.24) is 9.55 Å². The fourth-order valence-electron chi connectivity index (χ4n) is 3.54. The van der Waals surface area contributed by atoms with Gasteiger partial charge in [0, 0.05) is 18.0 Å². The Hall–Kier alpha value is -3.00. The van der Waals surface area contributed by atoms with Gasteiger partial charge < -0.3 is 10.6 Å². The number of nitrogens with zero attached hydrogens (tertiary/aromatic N) is 2. The molecule has 1 aromatic heterocycles. The number of benzene rings is 2. The summed E-state index contributed by atoms with van der Waals surface area (Å²) in [6.45, 7) is 6.66. The molecule has 0 radical (unpaired) electrons. The summed E-state index contributed by atoms with van der Waals surface area (Å²) in [6.07, 6.45) is 1.61. The van der Waals surface area contributed by atoms with Gasteiger partial charge in [-0.05, 0) is 35.2 Å². The molecule has 7 nitrogen and oxygen atoms in total. The zero-order valence-electron chi connectivity index (χ0n) is 18.8. The van der Waals surface area contributed by atoms with Crippen molar-refractivity contribution >= 4 is 39.9 Å². The van der Waals surface area contributed by atoms with Gasteiger partial charge in [0.1, 0.15) is 5.82 Å². The Morgan fingerprint density at radius 1 is 1.16 bits per heavy atom. The second kappa shape index (κ2) is 10.5. The Kier molecular flexibility index (Phi) is 7.80. The van der Waals surface area contributed by atoms with E-state index in [9.17, 15) is 14.4 Å². The third-order valence-electron chi connectivity index (χ3n) is 5.15. The third kappa shape index (κ3) is 5.43. The van der Waals surface area contributed by atoms with Crippen molar-refractivity contribution in [3.05, 3.63) is 63.3 Å². The molecule has 0 unspecified atom stereocenters. The fourth-order valence-corrected chi connectivity index (χ4v) is 4.36. The highest BCUT2D eigenvalue weighted by molar-refractivity contribution is 8.00. The number of nitrogens with one attached hydrogen (secondary N) is 1. The second-order valence-electron chi connectivity index (χ2n) is 8.19. The zero-order chi connectivity index (χ0) is 23.3. The summed E-state index contributed by atoms with van der Waals surface area (Å²) in [6, 6.07) is 14.1. The van der Waals surface area contributed by atoms with Crippen LogP contribution in [0.15, 0.2) is 56.9 Å². The number of rotatable bonds is 9. The largest absolute Gasteiger partial charge is 0.383 e. The first-order chi connectivity index (χ1) is 15.3. The van der Waals surface area contributed by atoms with Crippen LogP contribution in [-0.4, -0.2) is 27.8 Å². The number of anilines is 2. The summed E-state index contributed by atoms with van der Waals surface area (Å²) in [4.78, 5) is 42.9. The maximum Gasteiger partial charge on any atom is 0.330 e. The van der Waals surface area contributed by atoms with E-state index in [1.165, 1.54) is 21.2 Å². The first-order valence-electron chi connectivity index (χ1n) is 10.9. The number of aromatic nitrogens is 2. The molecule has 0 aliphatic carbocycles. The van der Waals surface area contributed by atoms with E-state index in [1.807, 2.05) is 63.2 Å². The summed E-state index contributed by atoms with van der Waals surface area (Å²) in [5.74, 6) is 0.0731. The molecular weight excluding hydrogens is 424 g/mol. The summed E-state index contributed by atoms with van der Waals surface area (Å²) >= 11 is 1.41. The molecule has 1 amide bonds. The Labute approximate surface area is 191 Å². The number of nitrogens with two attached hydrogens (primary N) is 1. The molecule has 0 aliphatic rings. The van der Waals surface area contributed by atoms with Crippen LogP contribution in [0.3, 0.4) is 0 Å². The molecule has 0 spiro atoms. The van der Waals surface area contributed by atoms with E-state index < -0.39 is 11.2 Å². The number of H-pyrrole nitrogens is 1. The van der Waals surface area contributed by atoms with Gasteiger partial charge in [-0.2, -0.15) is 0 Å². The predicted molar refractivity (Wildman–Crippen MR) is 133 cm³/mol. The number of fused-ring (bicyclic) bond motifs is 1. The Bertz CT molecular complexity index is 1220. The van der Waals surface area contributed by atoms with Crippen LogP contribution in [0.25, 0.3) is 10.8 Å². The highest BCUT2D eigenvalue weighted by Gasteiger charge is 2.25. The van der Waals surface area contributed by atoms with E-state index >= 15 is 0 Å². The highest BCUT2D eigenvalue weighted by Crippen LogP contribution is 2.26. The number of amides is 1. The predicted octanol–water partition coefficient (Wildman–Crippen LogP) is 3.85. The van der Waals surface area contributed by atoms with E-state index in [4.69, 9.17) is 5.73 Å². The standard InChI is InChI=1S/C24H30N4O3S/c1-4-5-12-27-22(25)21(23(30)26-24(27)31)28(14-16(2)3)20(29)15-32-19-11-10-17-8-6-7-9-18(17)13-19/h6-11,13,16H,4-5,12,14-15,25H2,1-3H3,(H,26,30,31). The summed E-state index contributed by atoms with van der Waals surface area (Å²) in [5.41, 5.74) is 5.12. The third-order valence-corrected chi connectivity index (χ3v) is 6.13. The minimum Gasteiger partial charge on any atom is -0.383 e. The molecule has 0 saturated carbocycles. The van der Waals surface area contributed by atoms with E-state index in [-0.39, 0.29) is 29.1 Å². The maximum absolute atomic E-state index is 13.2. The van der Waals surface area contributed by atoms with E-state index in [1.54, 1.807) is 0 Å². The van der Waals surface area contributed by atoms with Gasteiger partial charge in [0.15, 0.2) is 5.69 Å². The van der Waals surface area contributed by atoms with Gasteiger partial charge in [0.25, 0.3) is 5.56 Å². The van der Waals surface area contributed by atoms with E-state index in [2.05, 4.69) is 4.98 Å². The summed E-state index contributed by atoms with van der Waals surface area (Å²) in [7, 11) is 0. The van der Waals surface area contributed by atoms with Gasteiger partial charge in [-0.25, -0.2) is 4.79 Å². The first-order valence-corrected chi connectivity index (χ1v) is 11.8. The van der Waals surface area contributed by atoms with Crippen LogP contribution in [0.1, 0.15) is 33.6 Å². The van der Waals surface area contributed by atoms with Gasteiger partial charge in [0.2, 0.25) is 5.91 Å². The molecule has 3 N–H and O–H groups in total. The van der Waals surface area contributed by atoms with Crippen LogP contribution in [0.5, 0.6) is 0 Å². The molecule has 32 heavy (non-hydrogen) atoms. The lowest BCUT2D eigenvalue weighted by atomic mass is 10.1. The number of hydrogen-bond acceptors (Lipinski definition) is 5. The number of thioether (sulfide) groups is 1. The zero-order valence-corrected chi connectivity index (χ0v) is 19.6. The van der Waals surface area contributed by atoms with Crippen molar-refractivity contribution < 1.29 is 4.79 Å². The van der Waals surface area contributed by atoms with E-state index in [0.717, 1.165) is 28.5 Å². The Morgan fingerprint density at radius 3 is 2.56 bits per heavy atom. The van der Waals surface area contributed by atoms with Crippen LogP contribution in [0.2, 0.25) is 0 Å². The number of carbonyl (C=O) groups is 1. The number of unbranched alkanes of at least 4 members (excludes halogenated alkanes) is 1. The molecule has 0 atom stereocenters. The quantitative estimate of drug-likeness (QED) is 0.478. The topological polar surface area (TPSA) is 101 Å². The Morgan fingerprint density at radius 2 is 1.88 bits per heavy atom. The molecule has 2 aromatic carbocycles. The first kappa shape index (κ1) is 23.7. The Balaban J connectivity index is 1.89. The second-order valence-corrected chi connectivity index (χ2v) is 9.24. The van der Waals surface area contributed by atoms with Crippen molar-refractivity contribution in [1.29, 1.82) is 0 Å². The van der Waals surface area contributed by atoms with Crippen molar-refractivity contribution in [2.24, 2.45) is 5.92 Å². The van der Waals surface area contributed by atoms with Gasteiger partial charge in [-0.1, -0.05) is 57.5 Å². The average molecular weight is 455 g/mol. The molecule has 0 bridgehead atoms. The van der Waals surface area contributed by atoms with Gasteiger partial charge in [-0.3, -0.25) is 19.1 Å². The molecule has 170 valence electrons. The minimum atomic E-state index is -0.634. The van der Waals surface area contributed by atoms with Crippen LogP contribution < -0.4 is 21.9 Å². The van der Waals surface area contributed by atoms with Crippen LogP contribution >= 0.6 is 11.8 Å². The van der Waals surface area contributed by atoms with Gasteiger partial charge >= 0.3 is 5.69 Å². The smallest absolute Gasteiger partial charge is 0.330 e. The minimum absolute atomic E-state index is 0.0388. The number of carbonyl (C=O) groups excluding carboxylic acids is 1. The van der Waals surface area contributed by atoms with Crippen LogP contribution in [0, 0.1) is 5.92 Å². The number of hydrogen-bond donors (Lipinski definition) is 2. The lowest BCUT2D eigenvalue weighted by Gasteiger charge is -2.26. The van der Waals surface area contributed by atoms with E-state index in [0.29, 0.717) is 13.1 Å².